The van der Waals surface area contributed by atoms with Crippen molar-refractivity contribution < 1.29 is 23.1 Å². The molecule has 0 fully saturated rings. The first-order valence-electron chi connectivity index (χ1n) is 5.45. The molecule has 0 saturated heterocycles. The molecule has 0 radical (unpaired) electrons. The van der Waals surface area contributed by atoms with Crippen molar-refractivity contribution in [3.8, 4) is 0 Å². The fourth-order valence-electron chi connectivity index (χ4n) is 1.13. The quantitative estimate of drug-likeness (QED) is 0.668. The van der Waals surface area contributed by atoms with Crippen molar-refractivity contribution in [2.24, 2.45) is 0 Å². The van der Waals surface area contributed by atoms with Crippen LogP contribution in [0.4, 0.5) is 0 Å². The predicted octanol–water partition coefficient (Wildman–Crippen LogP) is 0.251. The number of nitrogens with one attached hydrogen (secondary N) is 2. The first-order chi connectivity index (χ1) is 8.86. The number of carboxylic acids is 1. The summed E-state index contributed by atoms with van der Waals surface area (Å²) in [6.45, 7) is 1.98. The van der Waals surface area contributed by atoms with E-state index in [2.05, 4.69) is 10.0 Å². The Labute approximate surface area is 114 Å². The monoisotopic (exact) mass is 306 g/mol. The van der Waals surface area contributed by atoms with Gasteiger partial charge in [0.25, 0.3) is 10.0 Å². The summed E-state index contributed by atoms with van der Waals surface area (Å²) in [6.07, 6.45) is 0.755. The third-order valence-electron chi connectivity index (χ3n) is 2.08. The number of hydrogen-bond acceptors (Lipinski definition) is 5. The van der Waals surface area contributed by atoms with Gasteiger partial charge >= 0.3 is 5.97 Å². The van der Waals surface area contributed by atoms with Crippen LogP contribution in [0.25, 0.3) is 0 Å². The van der Waals surface area contributed by atoms with Crippen molar-refractivity contribution in [2.75, 3.05) is 13.1 Å². The van der Waals surface area contributed by atoms with E-state index in [1.807, 2.05) is 6.92 Å². The van der Waals surface area contributed by atoms with Crippen LogP contribution < -0.4 is 10.0 Å². The van der Waals surface area contributed by atoms with Crippen molar-refractivity contribution >= 4 is 33.2 Å². The number of hydrogen-bond donors (Lipinski definition) is 3. The van der Waals surface area contributed by atoms with Crippen molar-refractivity contribution in [2.45, 2.75) is 17.6 Å². The van der Waals surface area contributed by atoms with Gasteiger partial charge in [-0.05, 0) is 12.5 Å². The van der Waals surface area contributed by atoms with E-state index in [1.165, 1.54) is 5.38 Å². The smallest absolute Gasteiger partial charge is 0.336 e. The SMILES string of the molecule is CCCNC(=O)CNS(=O)(=O)c1cc(C(=O)O)cs1. The molecule has 0 aromatic carbocycles. The van der Waals surface area contributed by atoms with E-state index in [1.54, 1.807) is 0 Å². The van der Waals surface area contributed by atoms with Crippen LogP contribution in [0.1, 0.15) is 23.7 Å². The first kappa shape index (κ1) is 15.6. The van der Waals surface area contributed by atoms with Gasteiger partial charge in [-0.3, -0.25) is 4.79 Å². The summed E-state index contributed by atoms with van der Waals surface area (Å²) < 4.78 is 25.5. The van der Waals surface area contributed by atoms with Crippen LogP contribution in [0.5, 0.6) is 0 Å². The summed E-state index contributed by atoms with van der Waals surface area (Å²) in [4.78, 5) is 21.9. The highest BCUT2D eigenvalue weighted by Gasteiger charge is 2.19. The number of thiophene rings is 1. The third-order valence-corrected chi connectivity index (χ3v) is 4.92. The van der Waals surface area contributed by atoms with E-state index in [0.29, 0.717) is 6.54 Å². The number of carbonyl (C=O) groups excluding carboxylic acids is 1. The lowest BCUT2D eigenvalue weighted by molar-refractivity contribution is -0.119. The number of aromatic carboxylic acids is 1. The lowest BCUT2D eigenvalue weighted by Crippen LogP contribution is -2.36. The second-order valence-electron chi connectivity index (χ2n) is 3.63. The molecular weight excluding hydrogens is 292 g/mol. The summed E-state index contributed by atoms with van der Waals surface area (Å²) in [6, 6.07) is 1.05. The molecule has 0 aliphatic carbocycles. The molecule has 3 N–H and O–H groups in total. The van der Waals surface area contributed by atoms with Crippen LogP contribution >= 0.6 is 11.3 Å². The van der Waals surface area contributed by atoms with Gasteiger partial charge in [0.15, 0.2) is 0 Å². The molecule has 106 valence electrons. The number of sulfonamides is 1. The highest BCUT2D eigenvalue weighted by atomic mass is 32.2. The zero-order valence-corrected chi connectivity index (χ0v) is 11.8. The number of carboxylic acid groups (broad SMARTS) is 1. The normalized spacial score (nSPS) is 11.2. The lowest BCUT2D eigenvalue weighted by atomic mass is 10.4. The maximum absolute atomic E-state index is 11.8. The third kappa shape index (κ3) is 4.62. The Kier molecular flexibility index (Phi) is 5.45. The molecule has 0 bridgehead atoms. The molecule has 1 heterocycles. The van der Waals surface area contributed by atoms with Crippen molar-refractivity contribution in [3.05, 3.63) is 17.0 Å². The average molecular weight is 306 g/mol. The topological polar surface area (TPSA) is 113 Å². The maximum atomic E-state index is 11.8. The average Bonchev–Trinajstić information content (AvgIpc) is 2.84. The van der Waals surface area contributed by atoms with Gasteiger partial charge in [0.2, 0.25) is 5.91 Å². The fraction of sp³-hybridized carbons (Fsp3) is 0.400. The Morgan fingerprint density at radius 1 is 1.42 bits per heavy atom. The molecule has 0 saturated carbocycles. The molecule has 1 aromatic rings. The molecule has 1 amide bonds. The Morgan fingerprint density at radius 3 is 2.63 bits per heavy atom. The molecule has 0 atom stereocenters. The zero-order valence-electron chi connectivity index (χ0n) is 10.2. The molecule has 0 unspecified atom stereocenters. The summed E-state index contributed by atoms with van der Waals surface area (Å²) in [7, 11) is -3.85. The van der Waals surface area contributed by atoms with E-state index in [9.17, 15) is 18.0 Å². The maximum Gasteiger partial charge on any atom is 0.336 e. The molecule has 0 spiro atoms. The van der Waals surface area contributed by atoms with Crippen LogP contribution in [0.3, 0.4) is 0 Å². The van der Waals surface area contributed by atoms with Gasteiger partial charge in [-0.2, -0.15) is 0 Å². The van der Waals surface area contributed by atoms with Gasteiger partial charge < -0.3 is 10.4 Å². The highest BCUT2D eigenvalue weighted by Crippen LogP contribution is 2.19. The van der Waals surface area contributed by atoms with Gasteiger partial charge in [0.05, 0.1) is 12.1 Å². The highest BCUT2D eigenvalue weighted by molar-refractivity contribution is 7.91. The van der Waals surface area contributed by atoms with Gasteiger partial charge in [-0.1, -0.05) is 6.92 Å². The second kappa shape index (κ2) is 6.64. The fourth-order valence-corrected chi connectivity index (χ4v) is 3.31. The first-order valence-corrected chi connectivity index (χ1v) is 7.81. The molecule has 1 aromatic heterocycles. The molecule has 1 rings (SSSR count). The largest absolute Gasteiger partial charge is 0.478 e. The standard InChI is InChI=1S/C10H14N2O5S2/c1-2-3-11-8(13)5-12-19(16,17)9-4-7(6-18-9)10(14)15/h4,6,12H,2-3,5H2,1H3,(H,11,13)(H,14,15). The Morgan fingerprint density at radius 2 is 2.11 bits per heavy atom. The minimum Gasteiger partial charge on any atom is -0.478 e. The summed E-state index contributed by atoms with van der Waals surface area (Å²) in [5.74, 6) is -1.63. The number of rotatable bonds is 7. The molecule has 0 aliphatic heterocycles. The lowest BCUT2D eigenvalue weighted by Gasteiger charge is -2.05. The van der Waals surface area contributed by atoms with Crippen molar-refractivity contribution in [1.29, 1.82) is 0 Å². The van der Waals surface area contributed by atoms with Crippen LogP contribution in [-0.2, 0) is 14.8 Å². The Balaban J connectivity index is 2.65. The minimum atomic E-state index is -3.85. The molecule has 9 heteroatoms. The van der Waals surface area contributed by atoms with Crippen LogP contribution in [0.2, 0.25) is 0 Å². The van der Waals surface area contributed by atoms with Gasteiger partial charge in [-0.15, -0.1) is 11.3 Å². The molecule has 7 nitrogen and oxygen atoms in total. The van der Waals surface area contributed by atoms with Gasteiger partial charge in [0.1, 0.15) is 4.21 Å². The van der Waals surface area contributed by atoms with E-state index >= 15 is 0 Å². The minimum absolute atomic E-state index is 0.0965. The van der Waals surface area contributed by atoms with E-state index in [-0.39, 0.29) is 16.3 Å². The Hall–Kier alpha value is -1.45. The molecule has 19 heavy (non-hydrogen) atoms. The zero-order chi connectivity index (χ0) is 14.5. The number of carbonyl (C=O) groups is 2. The summed E-state index contributed by atoms with van der Waals surface area (Å²) >= 11 is 0.791. The van der Waals surface area contributed by atoms with E-state index in [0.717, 1.165) is 23.8 Å². The summed E-state index contributed by atoms with van der Waals surface area (Å²) in [5, 5.41) is 12.5. The molecule has 0 aliphatic rings. The Bertz CT molecular complexity index is 564. The van der Waals surface area contributed by atoms with E-state index in [4.69, 9.17) is 5.11 Å². The number of amides is 1. The summed E-state index contributed by atoms with van der Waals surface area (Å²) in [5.41, 5.74) is -0.0965. The van der Waals surface area contributed by atoms with Crippen molar-refractivity contribution in [1.82, 2.24) is 10.0 Å². The van der Waals surface area contributed by atoms with Gasteiger partial charge in [-0.25, -0.2) is 17.9 Å². The van der Waals surface area contributed by atoms with Crippen molar-refractivity contribution in [3.63, 3.8) is 0 Å². The molecular formula is C10H14N2O5S2. The predicted molar refractivity (Wildman–Crippen MR) is 69.8 cm³/mol. The van der Waals surface area contributed by atoms with Crippen LogP contribution in [0, 0.1) is 0 Å². The van der Waals surface area contributed by atoms with Gasteiger partial charge in [0, 0.05) is 11.9 Å². The second-order valence-corrected chi connectivity index (χ2v) is 6.54. The van der Waals surface area contributed by atoms with Crippen LogP contribution in [0.15, 0.2) is 15.7 Å². The van der Waals surface area contributed by atoms with E-state index < -0.39 is 21.9 Å². The van der Waals surface area contributed by atoms with Crippen LogP contribution in [-0.4, -0.2) is 38.5 Å².